The van der Waals surface area contributed by atoms with Gasteiger partial charge in [-0.05, 0) is 42.9 Å². The largest absolute Gasteiger partial charge is 0.334 e. The van der Waals surface area contributed by atoms with Gasteiger partial charge < -0.3 is 4.57 Å². The Bertz CT molecular complexity index is 559. The number of aromatic nitrogens is 2. The van der Waals surface area contributed by atoms with Gasteiger partial charge in [-0.1, -0.05) is 12.1 Å². The molecule has 17 heavy (non-hydrogen) atoms. The lowest BCUT2D eigenvalue weighted by Gasteiger charge is -2.02. The molecule has 0 saturated heterocycles. The number of hydrogen-bond acceptors (Lipinski definition) is 1. The van der Waals surface area contributed by atoms with E-state index in [-0.39, 0.29) is 0 Å². The molecule has 1 aromatic carbocycles. The molecule has 4 rings (SSSR count). The third-order valence-electron chi connectivity index (χ3n) is 4.05. The average Bonchev–Trinajstić information content (AvgIpc) is 3.02. The smallest absolute Gasteiger partial charge is 0.109 e. The Balaban J connectivity index is 1.78. The van der Waals surface area contributed by atoms with E-state index >= 15 is 0 Å². The number of hydrogen-bond donors (Lipinski definition) is 0. The second-order valence-electron chi connectivity index (χ2n) is 5.18. The number of fused-ring (bicyclic) bond motifs is 2. The van der Waals surface area contributed by atoms with E-state index in [0.717, 1.165) is 18.7 Å². The van der Waals surface area contributed by atoms with E-state index in [1.807, 2.05) is 0 Å². The van der Waals surface area contributed by atoms with Crippen LogP contribution in [0.15, 0.2) is 24.4 Å². The van der Waals surface area contributed by atoms with E-state index in [2.05, 4.69) is 29.0 Å². The highest BCUT2D eigenvalue weighted by Crippen LogP contribution is 2.28. The van der Waals surface area contributed by atoms with E-state index in [9.17, 15) is 0 Å². The quantitative estimate of drug-likeness (QED) is 0.728. The van der Waals surface area contributed by atoms with Crippen LogP contribution in [0.25, 0.3) is 11.3 Å². The summed E-state index contributed by atoms with van der Waals surface area (Å²) in [5, 5.41) is 0. The molecule has 0 amide bonds. The fraction of sp³-hybridized carbons (Fsp3) is 0.400. The van der Waals surface area contributed by atoms with E-state index in [1.54, 1.807) is 5.56 Å². The summed E-state index contributed by atoms with van der Waals surface area (Å²) in [5.41, 5.74) is 5.54. The molecule has 86 valence electrons. The van der Waals surface area contributed by atoms with Gasteiger partial charge in [-0.25, -0.2) is 4.98 Å². The summed E-state index contributed by atoms with van der Waals surface area (Å²) >= 11 is 0. The van der Waals surface area contributed by atoms with Crippen LogP contribution in [0.2, 0.25) is 0 Å². The first-order valence-corrected chi connectivity index (χ1v) is 6.58. The Hall–Kier alpha value is -1.57. The third-order valence-corrected chi connectivity index (χ3v) is 4.05. The van der Waals surface area contributed by atoms with E-state index in [0.29, 0.717) is 0 Å². The van der Waals surface area contributed by atoms with Crippen LogP contribution >= 0.6 is 0 Å². The molecule has 0 atom stereocenters. The van der Waals surface area contributed by atoms with Gasteiger partial charge in [0.2, 0.25) is 0 Å². The number of rotatable bonds is 1. The van der Waals surface area contributed by atoms with Crippen molar-refractivity contribution >= 4 is 0 Å². The Kier molecular flexibility index (Phi) is 1.92. The van der Waals surface area contributed by atoms with E-state index in [4.69, 9.17) is 4.98 Å². The molecule has 0 radical (unpaired) electrons. The zero-order chi connectivity index (χ0) is 11.2. The molecule has 0 bridgehead atoms. The van der Waals surface area contributed by atoms with Crippen molar-refractivity contribution in [3.8, 4) is 11.3 Å². The molecule has 0 unspecified atom stereocenters. The fourth-order valence-corrected chi connectivity index (χ4v) is 3.13. The van der Waals surface area contributed by atoms with Crippen molar-refractivity contribution in [1.82, 2.24) is 9.55 Å². The van der Waals surface area contributed by atoms with Crippen molar-refractivity contribution in [3.63, 3.8) is 0 Å². The molecule has 2 heteroatoms. The molecule has 0 fully saturated rings. The number of imidazole rings is 1. The summed E-state index contributed by atoms with van der Waals surface area (Å²) in [5.74, 6) is 1.26. The zero-order valence-corrected chi connectivity index (χ0v) is 9.95. The van der Waals surface area contributed by atoms with Gasteiger partial charge >= 0.3 is 0 Å². The minimum absolute atomic E-state index is 1.14. The van der Waals surface area contributed by atoms with Crippen LogP contribution in [0.1, 0.15) is 29.8 Å². The normalized spacial score (nSPS) is 17.2. The second-order valence-corrected chi connectivity index (χ2v) is 5.18. The first-order chi connectivity index (χ1) is 8.40. The molecule has 2 nitrogen and oxygen atoms in total. The SMILES string of the molecule is c1cc2c(cc1-c1cn3c(n1)CCC3)CCC2. The number of nitrogens with zero attached hydrogens (tertiary/aromatic N) is 2. The molecule has 0 saturated carbocycles. The highest BCUT2D eigenvalue weighted by Gasteiger charge is 2.16. The van der Waals surface area contributed by atoms with Crippen LogP contribution in [0, 0.1) is 0 Å². The zero-order valence-electron chi connectivity index (χ0n) is 9.95. The topological polar surface area (TPSA) is 17.8 Å². The molecule has 2 aliphatic rings. The van der Waals surface area contributed by atoms with Gasteiger partial charge in [0, 0.05) is 24.7 Å². The van der Waals surface area contributed by atoms with Crippen molar-refractivity contribution in [2.24, 2.45) is 0 Å². The predicted molar refractivity (Wildman–Crippen MR) is 68.0 cm³/mol. The van der Waals surface area contributed by atoms with Crippen LogP contribution in [0.4, 0.5) is 0 Å². The molecule has 0 spiro atoms. The molecule has 1 aliphatic carbocycles. The van der Waals surface area contributed by atoms with Crippen molar-refractivity contribution in [2.45, 2.75) is 38.6 Å². The lowest BCUT2D eigenvalue weighted by Crippen LogP contribution is -1.87. The standard InChI is InChI=1S/C15H16N2/c1-3-11-6-7-13(9-12(11)4-1)14-10-17-8-2-5-15(17)16-14/h6-7,9-10H,1-5,8H2. The molecule has 1 aromatic heterocycles. The molecule has 1 aliphatic heterocycles. The lowest BCUT2D eigenvalue weighted by molar-refractivity contribution is 0.750. The van der Waals surface area contributed by atoms with Crippen molar-refractivity contribution in [1.29, 1.82) is 0 Å². The minimum Gasteiger partial charge on any atom is -0.334 e. The van der Waals surface area contributed by atoms with Gasteiger partial charge in [0.1, 0.15) is 5.82 Å². The van der Waals surface area contributed by atoms with Gasteiger partial charge in [-0.3, -0.25) is 0 Å². The first kappa shape index (κ1) is 9.46. The third kappa shape index (κ3) is 1.43. The Morgan fingerprint density at radius 2 is 1.94 bits per heavy atom. The van der Waals surface area contributed by atoms with Crippen molar-refractivity contribution in [2.75, 3.05) is 0 Å². The van der Waals surface area contributed by atoms with E-state index in [1.165, 1.54) is 42.6 Å². The van der Waals surface area contributed by atoms with E-state index < -0.39 is 0 Å². The van der Waals surface area contributed by atoms with Gasteiger partial charge in [0.05, 0.1) is 5.69 Å². The molecule has 2 heterocycles. The van der Waals surface area contributed by atoms with Gasteiger partial charge in [0.25, 0.3) is 0 Å². The Morgan fingerprint density at radius 3 is 2.88 bits per heavy atom. The summed E-state index contributed by atoms with van der Waals surface area (Å²) < 4.78 is 2.31. The average molecular weight is 224 g/mol. The summed E-state index contributed by atoms with van der Waals surface area (Å²) in [4.78, 5) is 4.75. The van der Waals surface area contributed by atoms with Gasteiger partial charge in [0.15, 0.2) is 0 Å². The molecule has 0 N–H and O–H groups in total. The second kappa shape index (κ2) is 3.46. The highest BCUT2D eigenvalue weighted by atomic mass is 15.1. The van der Waals surface area contributed by atoms with Crippen LogP contribution in [0.5, 0.6) is 0 Å². The summed E-state index contributed by atoms with van der Waals surface area (Å²) in [6.45, 7) is 1.15. The van der Waals surface area contributed by atoms with Gasteiger partial charge in [-0.15, -0.1) is 0 Å². The number of benzene rings is 1. The van der Waals surface area contributed by atoms with Crippen LogP contribution in [-0.2, 0) is 25.8 Å². The maximum Gasteiger partial charge on any atom is 0.109 e. The monoisotopic (exact) mass is 224 g/mol. The summed E-state index contributed by atoms with van der Waals surface area (Å²) in [7, 11) is 0. The highest BCUT2D eigenvalue weighted by molar-refractivity contribution is 5.61. The van der Waals surface area contributed by atoms with Gasteiger partial charge in [-0.2, -0.15) is 0 Å². The predicted octanol–water partition coefficient (Wildman–Crippen LogP) is 2.99. The fourth-order valence-electron chi connectivity index (χ4n) is 3.13. The maximum absolute atomic E-state index is 4.75. The molecule has 2 aromatic rings. The summed E-state index contributed by atoms with van der Waals surface area (Å²) in [6.07, 6.45) is 8.45. The van der Waals surface area contributed by atoms with Crippen molar-refractivity contribution in [3.05, 3.63) is 41.3 Å². The first-order valence-electron chi connectivity index (χ1n) is 6.58. The number of aryl methyl sites for hydroxylation is 4. The Labute approximate surface area is 101 Å². The Morgan fingerprint density at radius 1 is 1.00 bits per heavy atom. The maximum atomic E-state index is 4.75. The lowest BCUT2D eigenvalue weighted by atomic mass is 10.0. The molecular formula is C15H16N2. The van der Waals surface area contributed by atoms with Crippen LogP contribution in [0.3, 0.4) is 0 Å². The summed E-state index contributed by atoms with van der Waals surface area (Å²) in [6, 6.07) is 6.88. The van der Waals surface area contributed by atoms with Crippen LogP contribution < -0.4 is 0 Å². The minimum atomic E-state index is 1.14. The van der Waals surface area contributed by atoms with Crippen molar-refractivity contribution < 1.29 is 0 Å². The molecular weight excluding hydrogens is 208 g/mol. The van der Waals surface area contributed by atoms with Crippen LogP contribution in [-0.4, -0.2) is 9.55 Å².